The minimum atomic E-state index is -3.72. The van der Waals surface area contributed by atoms with Gasteiger partial charge in [0.25, 0.3) is 0 Å². The zero-order valence-electron chi connectivity index (χ0n) is 13.8. The Morgan fingerprint density at radius 3 is 2.50 bits per heavy atom. The largest absolute Gasteiger partial charge is 0.465 e. The van der Waals surface area contributed by atoms with E-state index in [2.05, 4.69) is 0 Å². The maximum atomic E-state index is 12.7. The smallest absolute Gasteiger partial charge is 0.323 e. The van der Waals surface area contributed by atoms with Crippen LogP contribution in [0.25, 0.3) is 0 Å². The van der Waals surface area contributed by atoms with Crippen LogP contribution in [0, 0.1) is 11.3 Å². The first-order chi connectivity index (χ1) is 11.4. The van der Waals surface area contributed by atoms with Crippen molar-refractivity contribution in [1.82, 2.24) is 9.21 Å². The molecule has 0 amide bonds. The lowest BCUT2D eigenvalue weighted by Crippen LogP contribution is -2.53. The summed E-state index contributed by atoms with van der Waals surface area (Å²) in [5.74, 6) is -0.302. The number of esters is 1. The molecule has 0 N–H and O–H groups in total. The summed E-state index contributed by atoms with van der Waals surface area (Å²) in [6.07, 6.45) is 0. The molecule has 2 rings (SSSR count). The van der Waals surface area contributed by atoms with E-state index in [0.717, 1.165) is 0 Å². The summed E-state index contributed by atoms with van der Waals surface area (Å²) in [4.78, 5) is 13.7. The van der Waals surface area contributed by atoms with Crippen LogP contribution < -0.4 is 0 Å². The van der Waals surface area contributed by atoms with E-state index in [9.17, 15) is 13.2 Å². The van der Waals surface area contributed by atoms with E-state index < -0.39 is 16.1 Å². The SMILES string of the molecule is CCOC(=O)C(C)N1CCN(S(=O)(=O)c2ccccc2C#N)CC1. The molecule has 1 fully saturated rings. The molecule has 0 aromatic heterocycles. The van der Waals surface area contributed by atoms with Crippen molar-refractivity contribution in [1.29, 1.82) is 5.26 Å². The first-order valence-corrected chi connectivity index (χ1v) is 9.25. The lowest BCUT2D eigenvalue weighted by Gasteiger charge is -2.36. The third kappa shape index (κ3) is 3.75. The van der Waals surface area contributed by atoms with Crippen molar-refractivity contribution in [3.63, 3.8) is 0 Å². The van der Waals surface area contributed by atoms with E-state index in [1.165, 1.54) is 16.4 Å². The second kappa shape index (κ2) is 7.75. The van der Waals surface area contributed by atoms with E-state index in [-0.39, 0.29) is 29.5 Å². The molecule has 1 heterocycles. The van der Waals surface area contributed by atoms with Gasteiger partial charge >= 0.3 is 5.97 Å². The Kier molecular flexibility index (Phi) is 5.94. The van der Waals surface area contributed by atoms with Crippen LogP contribution in [0.4, 0.5) is 0 Å². The second-order valence-corrected chi connectivity index (χ2v) is 7.38. The summed E-state index contributed by atoms with van der Waals surface area (Å²) in [5.41, 5.74) is 0.139. The highest BCUT2D eigenvalue weighted by atomic mass is 32.2. The number of sulfonamides is 1. The van der Waals surface area contributed by atoms with Crippen molar-refractivity contribution in [3.05, 3.63) is 29.8 Å². The lowest BCUT2D eigenvalue weighted by molar-refractivity contribution is -0.149. The van der Waals surface area contributed by atoms with Crippen molar-refractivity contribution >= 4 is 16.0 Å². The fourth-order valence-electron chi connectivity index (χ4n) is 2.67. The Morgan fingerprint density at radius 2 is 1.92 bits per heavy atom. The maximum absolute atomic E-state index is 12.7. The van der Waals surface area contributed by atoms with Gasteiger partial charge in [0.15, 0.2) is 0 Å². The predicted octanol–water partition coefficient (Wildman–Crippen LogP) is 0.816. The molecule has 1 saturated heterocycles. The van der Waals surface area contributed by atoms with Gasteiger partial charge in [-0.3, -0.25) is 9.69 Å². The average Bonchev–Trinajstić information content (AvgIpc) is 2.61. The van der Waals surface area contributed by atoms with Crippen molar-refractivity contribution < 1.29 is 17.9 Å². The molecule has 7 nitrogen and oxygen atoms in total. The highest BCUT2D eigenvalue weighted by Crippen LogP contribution is 2.21. The monoisotopic (exact) mass is 351 g/mol. The summed E-state index contributed by atoms with van der Waals surface area (Å²) in [6, 6.07) is 7.70. The fraction of sp³-hybridized carbons (Fsp3) is 0.500. The van der Waals surface area contributed by atoms with Crippen LogP contribution in [0.3, 0.4) is 0 Å². The molecule has 1 aliphatic heterocycles. The van der Waals surface area contributed by atoms with Gasteiger partial charge in [-0.1, -0.05) is 12.1 Å². The molecule has 0 spiro atoms. The molecule has 1 aromatic carbocycles. The Balaban J connectivity index is 2.09. The normalized spacial score (nSPS) is 17.9. The summed E-state index contributed by atoms with van der Waals surface area (Å²) >= 11 is 0. The molecule has 0 radical (unpaired) electrons. The number of piperazine rings is 1. The Hall–Kier alpha value is -1.95. The van der Waals surface area contributed by atoms with Crippen LogP contribution in [0.2, 0.25) is 0 Å². The topological polar surface area (TPSA) is 90.7 Å². The second-order valence-electron chi connectivity index (χ2n) is 5.48. The van der Waals surface area contributed by atoms with E-state index in [4.69, 9.17) is 10.00 Å². The molecule has 8 heteroatoms. The Bertz CT molecular complexity index is 734. The number of carbonyl (C=O) groups is 1. The van der Waals surface area contributed by atoms with Gasteiger partial charge in [0.1, 0.15) is 12.1 Å². The van der Waals surface area contributed by atoms with Gasteiger partial charge in [-0.15, -0.1) is 0 Å². The third-order valence-electron chi connectivity index (χ3n) is 4.07. The van der Waals surface area contributed by atoms with Gasteiger partial charge in [-0.05, 0) is 26.0 Å². The van der Waals surface area contributed by atoms with Crippen LogP contribution >= 0.6 is 0 Å². The number of ether oxygens (including phenoxy) is 1. The number of hydrogen-bond acceptors (Lipinski definition) is 6. The van der Waals surface area contributed by atoms with Gasteiger partial charge < -0.3 is 4.74 Å². The first kappa shape index (κ1) is 18.4. The van der Waals surface area contributed by atoms with Gasteiger partial charge in [0.2, 0.25) is 10.0 Å². The molecule has 1 aliphatic rings. The molecule has 0 bridgehead atoms. The highest BCUT2D eigenvalue weighted by Gasteiger charge is 2.33. The molecule has 0 saturated carbocycles. The summed E-state index contributed by atoms with van der Waals surface area (Å²) in [7, 11) is -3.72. The lowest BCUT2D eigenvalue weighted by atomic mass is 10.2. The quantitative estimate of drug-likeness (QED) is 0.730. The summed E-state index contributed by atoms with van der Waals surface area (Å²) < 4.78 is 31.8. The van der Waals surface area contributed by atoms with Crippen molar-refractivity contribution in [3.8, 4) is 6.07 Å². The molecule has 0 aliphatic carbocycles. The van der Waals surface area contributed by atoms with E-state index in [0.29, 0.717) is 19.7 Å². The molecule has 1 aromatic rings. The first-order valence-electron chi connectivity index (χ1n) is 7.81. The summed E-state index contributed by atoms with van der Waals surface area (Å²) in [5, 5.41) is 9.11. The zero-order valence-corrected chi connectivity index (χ0v) is 14.6. The van der Waals surface area contributed by atoms with E-state index in [1.807, 2.05) is 11.0 Å². The predicted molar refractivity (Wildman–Crippen MR) is 87.6 cm³/mol. The standard InChI is InChI=1S/C16H21N3O4S/c1-3-23-16(20)13(2)18-8-10-19(11-9-18)24(21,22)15-7-5-4-6-14(15)12-17/h4-7,13H,3,8-11H2,1-2H3. The van der Waals surface area contributed by atoms with Gasteiger partial charge in [-0.25, -0.2) is 8.42 Å². The average molecular weight is 351 g/mol. The van der Waals surface area contributed by atoms with Crippen LogP contribution in [-0.4, -0.2) is 62.4 Å². The Morgan fingerprint density at radius 1 is 1.29 bits per heavy atom. The van der Waals surface area contributed by atoms with Crippen LogP contribution in [0.1, 0.15) is 19.4 Å². The third-order valence-corrected chi connectivity index (χ3v) is 6.03. The van der Waals surface area contributed by atoms with Crippen LogP contribution in [0.5, 0.6) is 0 Å². The number of nitriles is 1. The van der Waals surface area contributed by atoms with Crippen LogP contribution in [0.15, 0.2) is 29.2 Å². The number of hydrogen-bond donors (Lipinski definition) is 0. The molecule has 1 unspecified atom stereocenters. The number of carbonyl (C=O) groups excluding carboxylic acids is 1. The molecule has 1 atom stereocenters. The van der Waals surface area contributed by atoms with Crippen LogP contribution in [-0.2, 0) is 19.6 Å². The maximum Gasteiger partial charge on any atom is 0.323 e. The summed E-state index contributed by atoms with van der Waals surface area (Å²) in [6.45, 7) is 5.25. The number of rotatable bonds is 5. The van der Waals surface area contributed by atoms with E-state index in [1.54, 1.807) is 26.0 Å². The Labute approximate surface area is 142 Å². The van der Waals surface area contributed by atoms with Gasteiger partial charge in [0, 0.05) is 26.2 Å². The zero-order chi connectivity index (χ0) is 17.7. The minimum Gasteiger partial charge on any atom is -0.465 e. The van der Waals surface area contributed by atoms with E-state index >= 15 is 0 Å². The molecule has 130 valence electrons. The number of benzene rings is 1. The molecular weight excluding hydrogens is 330 g/mol. The van der Waals surface area contributed by atoms with Gasteiger partial charge in [-0.2, -0.15) is 9.57 Å². The van der Waals surface area contributed by atoms with Gasteiger partial charge in [0.05, 0.1) is 17.1 Å². The number of nitrogens with zero attached hydrogens (tertiary/aromatic N) is 3. The molecular formula is C16H21N3O4S. The fourth-order valence-corrected chi connectivity index (χ4v) is 4.23. The molecule has 24 heavy (non-hydrogen) atoms. The van der Waals surface area contributed by atoms with Crippen molar-refractivity contribution in [2.24, 2.45) is 0 Å². The van der Waals surface area contributed by atoms with Crippen molar-refractivity contribution in [2.75, 3.05) is 32.8 Å². The minimum absolute atomic E-state index is 0.0272. The van der Waals surface area contributed by atoms with Crippen molar-refractivity contribution in [2.45, 2.75) is 24.8 Å². The highest BCUT2D eigenvalue weighted by molar-refractivity contribution is 7.89.